The van der Waals surface area contributed by atoms with E-state index in [1.807, 2.05) is 0 Å². The predicted molar refractivity (Wildman–Crippen MR) is 44.5 cm³/mol. The van der Waals surface area contributed by atoms with E-state index in [2.05, 4.69) is 4.98 Å². The van der Waals surface area contributed by atoms with E-state index >= 15 is 0 Å². The molecule has 0 aromatic carbocycles. The highest BCUT2D eigenvalue weighted by atomic mass is 19.1. The first-order valence-corrected chi connectivity index (χ1v) is 3.98. The lowest BCUT2D eigenvalue weighted by atomic mass is 10.2. The van der Waals surface area contributed by atoms with Crippen LogP contribution >= 0.6 is 0 Å². The van der Waals surface area contributed by atoms with E-state index < -0.39 is 5.95 Å². The Kier molecular flexibility index (Phi) is 3.37. The molecule has 0 aliphatic carbocycles. The van der Waals surface area contributed by atoms with Crippen molar-refractivity contribution in [3.05, 3.63) is 29.8 Å². The lowest BCUT2D eigenvalue weighted by Crippen LogP contribution is -2.07. The zero-order valence-corrected chi connectivity index (χ0v) is 7.29. The molecular weight excluding hydrogens is 173 g/mol. The average Bonchev–Trinajstić information content (AvgIpc) is 2.09. The van der Waals surface area contributed by atoms with Crippen LogP contribution in [0.25, 0.3) is 0 Å². The number of carbonyl (C=O) groups is 1. The van der Waals surface area contributed by atoms with Gasteiger partial charge in [-0.25, -0.2) is 4.98 Å². The van der Waals surface area contributed by atoms with Gasteiger partial charge in [-0.2, -0.15) is 4.39 Å². The molecule has 0 bridgehead atoms. The van der Waals surface area contributed by atoms with Crippen molar-refractivity contribution in [2.75, 3.05) is 6.61 Å². The molecule has 13 heavy (non-hydrogen) atoms. The number of halogens is 1. The van der Waals surface area contributed by atoms with Crippen LogP contribution in [0.2, 0.25) is 0 Å². The Bertz CT molecular complexity index is 284. The molecule has 0 saturated heterocycles. The van der Waals surface area contributed by atoms with E-state index in [0.717, 1.165) is 0 Å². The second-order valence-corrected chi connectivity index (χ2v) is 2.47. The summed E-state index contributed by atoms with van der Waals surface area (Å²) in [5.41, 5.74) is 0.653. The van der Waals surface area contributed by atoms with E-state index in [9.17, 15) is 9.18 Å². The smallest absolute Gasteiger partial charge is 0.310 e. The van der Waals surface area contributed by atoms with Gasteiger partial charge in [0.05, 0.1) is 13.0 Å². The number of carbonyl (C=O) groups excluding carboxylic acids is 1. The van der Waals surface area contributed by atoms with Crippen molar-refractivity contribution in [1.29, 1.82) is 0 Å². The lowest BCUT2D eigenvalue weighted by Gasteiger charge is -2.00. The topological polar surface area (TPSA) is 39.2 Å². The molecule has 0 unspecified atom stereocenters. The molecule has 0 fully saturated rings. The number of hydrogen-bond donors (Lipinski definition) is 0. The minimum Gasteiger partial charge on any atom is -0.466 e. The van der Waals surface area contributed by atoms with Crippen molar-refractivity contribution in [3.8, 4) is 0 Å². The number of nitrogens with zero attached hydrogens (tertiary/aromatic N) is 1. The molecule has 1 aromatic rings. The van der Waals surface area contributed by atoms with E-state index in [1.54, 1.807) is 6.92 Å². The Hall–Kier alpha value is -1.45. The van der Waals surface area contributed by atoms with Crippen LogP contribution in [0, 0.1) is 5.95 Å². The van der Waals surface area contributed by atoms with Crippen LogP contribution in [0.5, 0.6) is 0 Å². The maximum atomic E-state index is 12.3. The molecule has 0 radical (unpaired) electrons. The van der Waals surface area contributed by atoms with E-state index in [1.165, 1.54) is 18.3 Å². The molecule has 0 aliphatic heterocycles. The Morgan fingerprint density at radius 1 is 1.62 bits per heavy atom. The second-order valence-electron chi connectivity index (χ2n) is 2.47. The third kappa shape index (κ3) is 3.19. The molecule has 4 heteroatoms. The highest BCUT2D eigenvalue weighted by Crippen LogP contribution is 2.00. The number of rotatable bonds is 3. The van der Waals surface area contributed by atoms with Crippen LogP contribution in [0.15, 0.2) is 18.3 Å². The molecule has 1 aromatic heterocycles. The summed E-state index contributed by atoms with van der Waals surface area (Å²) in [6.07, 6.45) is 1.47. The first-order chi connectivity index (χ1) is 6.22. The van der Waals surface area contributed by atoms with E-state index in [0.29, 0.717) is 12.2 Å². The molecule has 0 spiro atoms. The third-order valence-corrected chi connectivity index (χ3v) is 1.44. The van der Waals surface area contributed by atoms with Gasteiger partial charge in [0.1, 0.15) is 0 Å². The van der Waals surface area contributed by atoms with Crippen LogP contribution in [-0.2, 0) is 16.0 Å². The number of hydrogen-bond acceptors (Lipinski definition) is 3. The monoisotopic (exact) mass is 183 g/mol. The third-order valence-electron chi connectivity index (χ3n) is 1.44. The van der Waals surface area contributed by atoms with Crippen LogP contribution < -0.4 is 0 Å². The van der Waals surface area contributed by atoms with Gasteiger partial charge in [0.25, 0.3) is 0 Å². The van der Waals surface area contributed by atoms with Crippen LogP contribution in [0.1, 0.15) is 12.5 Å². The molecule has 0 amide bonds. The van der Waals surface area contributed by atoms with Gasteiger partial charge in [0.2, 0.25) is 5.95 Å². The summed E-state index contributed by atoms with van der Waals surface area (Å²) in [6.45, 7) is 2.09. The molecular formula is C9H10FNO2. The van der Waals surface area contributed by atoms with Gasteiger partial charge >= 0.3 is 5.97 Å². The Balaban J connectivity index is 2.54. The lowest BCUT2D eigenvalue weighted by molar-refractivity contribution is -0.142. The molecule has 3 nitrogen and oxygen atoms in total. The molecule has 0 saturated carbocycles. The van der Waals surface area contributed by atoms with Crippen molar-refractivity contribution in [2.45, 2.75) is 13.3 Å². The maximum absolute atomic E-state index is 12.3. The van der Waals surface area contributed by atoms with Gasteiger partial charge in [0.15, 0.2) is 0 Å². The fourth-order valence-corrected chi connectivity index (χ4v) is 0.890. The van der Waals surface area contributed by atoms with Crippen LogP contribution in [0.4, 0.5) is 4.39 Å². The SMILES string of the molecule is CCOC(=O)Cc1ccc(F)nc1. The Labute approximate surface area is 75.6 Å². The summed E-state index contributed by atoms with van der Waals surface area (Å²) in [5.74, 6) is -0.872. The summed E-state index contributed by atoms with van der Waals surface area (Å²) in [5, 5.41) is 0. The Morgan fingerprint density at radius 2 is 2.38 bits per heavy atom. The molecule has 0 N–H and O–H groups in total. The van der Waals surface area contributed by atoms with Crippen molar-refractivity contribution < 1.29 is 13.9 Å². The normalized spacial score (nSPS) is 9.69. The number of ether oxygens (including phenoxy) is 1. The molecule has 0 atom stereocenters. The van der Waals surface area contributed by atoms with Crippen LogP contribution in [0.3, 0.4) is 0 Å². The fraction of sp³-hybridized carbons (Fsp3) is 0.333. The van der Waals surface area contributed by atoms with E-state index in [-0.39, 0.29) is 12.4 Å². The second kappa shape index (κ2) is 4.54. The number of pyridine rings is 1. The quantitative estimate of drug-likeness (QED) is 0.524. The number of esters is 1. The summed E-state index contributed by atoms with van der Waals surface area (Å²) >= 11 is 0. The Morgan fingerprint density at radius 3 is 2.92 bits per heavy atom. The van der Waals surface area contributed by atoms with Gasteiger partial charge in [-0.1, -0.05) is 6.07 Å². The molecule has 1 heterocycles. The predicted octanol–water partition coefficient (Wildman–Crippen LogP) is 1.33. The van der Waals surface area contributed by atoms with Gasteiger partial charge in [-0.05, 0) is 18.6 Å². The van der Waals surface area contributed by atoms with Crippen molar-refractivity contribution in [1.82, 2.24) is 4.98 Å². The van der Waals surface area contributed by atoms with Crippen LogP contribution in [-0.4, -0.2) is 17.6 Å². The minimum absolute atomic E-state index is 0.140. The summed E-state index contributed by atoms with van der Waals surface area (Å²) in [7, 11) is 0. The van der Waals surface area contributed by atoms with Gasteiger partial charge in [0, 0.05) is 6.20 Å². The summed E-state index contributed by atoms with van der Waals surface area (Å²) in [6, 6.07) is 2.73. The largest absolute Gasteiger partial charge is 0.466 e. The number of aromatic nitrogens is 1. The molecule has 1 rings (SSSR count). The van der Waals surface area contributed by atoms with Crippen molar-refractivity contribution in [3.63, 3.8) is 0 Å². The van der Waals surface area contributed by atoms with Crippen molar-refractivity contribution >= 4 is 5.97 Å². The first kappa shape index (κ1) is 9.64. The fourth-order valence-electron chi connectivity index (χ4n) is 0.890. The van der Waals surface area contributed by atoms with Gasteiger partial charge < -0.3 is 4.74 Å². The summed E-state index contributed by atoms with van der Waals surface area (Å²) < 4.78 is 17.1. The maximum Gasteiger partial charge on any atom is 0.310 e. The molecule has 70 valence electrons. The van der Waals surface area contributed by atoms with E-state index in [4.69, 9.17) is 4.74 Å². The first-order valence-electron chi connectivity index (χ1n) is 3.98. The zero-order valence-electron chi connectivity index (χ0n) is 7.29. The highest BCUT2D eigenvalue weighted by Gasteiger charge is 2.03. The average molecular weight is 183 g/mol. The van der Waals surface area contributed by atoms with Gasteiger partial charge in [-0.15, -0.1) is 0 Å². The van der Waals surface area contributed by atoms with Crippen molar-refractivity contribution in [2.24, 2.45) is 0 Å². The van der Waals surface area contributed by atoms with Gasteiger partial charge in [-0.3, -0.25) is 4.79 Å². The minimum atomic E-state index is -0.549. The highest BCUT2D eigenvalue weighted by molar-refractivity contribution is 5.72. The molecule has 0 aliphatic rings. The zero-order chi connectivity index (χ0) is 9.68. The summed E-state index contributed by atoms with van der Waals surface area (Å²) in [4.78, 5) is 14.4. The standard InChI is InChI=1S/C9H10FNO2/c1-2-13-9(12)5-7-3-4-8(10)11-6-7/h3-4,6H,2,5H2,1H3.